The molecule has 0 rings (SSSR count). The zero-order chi connectivity index (χ0) is 15.0. The quantitative estimate of drug-likeness (QED) is 0.616. The monoisotopic (exact) mass is 292 g/mol. The average Bonchev–Trinajstić information content (AvgIpc) is 2.09. The molecule has 0 saturated heterocycles. The van der Waals surface area contributed by atoms with Gasteiger partial charge in [0.25, 0.3) is 5.67 Å². The Morgan fingerprint density at radius 1 is 0.722 bits per heavy atom. The van der Waals surface area contributed by atoms with E-state index < -0.39 is 43.8 Å². The van der Waals surface area contributed by atoms with Crippen LogP contribution in [0.3, 0.4) is 0 Å². The molecule has 0 heterocycles. The van der Waals surface area contributed by atoms with Crippen LogP contribution in [-0.2, 0) is 0 Å². The number of halogens is 9. The van der Waals surface area contributed by atoms with Crippen molar-refractivity contribution >= 4 is 7.12 Å². The van der Waals surface area contributed by atoms with Gasteiger partial charge in [-0.15, -0.1) is 0 Å². The lowest BCUT2D eigenvalue weighted by atomic mass is 9.77. The van der Waals surface area contributed by atoms with Gasteiger partial charge < -0.3 is 10.0 Å². The van der Waals surface area contributed by atoms with E-state index in [4.69, 9.17) is 10.0 Å². The molecular weight excluding hydrogens is 286 g/mol. The first-order chi connectivity index (χ1) is 7.67. The van der Waals surface area contributed by atoms with Crippen LogP contribution in [0.15, 0.2) is 0 Å². The standard InChI is InChI=1S/C6H6BF9O2/c8-3(5(11,12)13,1-2-7(17)18)4(9,10)6(14,15)16/h17-18H,1-2H2. The smallest absolute Gasteiger partial charge is 0.427 e. The summed E-state index contributed by atoms with van der Waals surface area (Å²) in [5.41, 5.74) is -5.93. The summed E-state index contributed by atoms with van der Waals surface area (Å²) < 4.78 is 110. The summed E-state index contributed by atoms with van der Waals surface area (Å²) in [5, 5.41) is 16.3. The molecule has 0 aromatic rings. The summed E-state index contributed by atoms with van der Waals surface area (Å²) in [4.78, 5) is 0. The molecule has 108 valence electrons. The molecule has 0 aromatic carbocycles. The molecule has 12 heteroatoms. The highest BCUT2D eigenvalue weighted by Crippen LogP contribution is 2.54. The van der Waals surface area contributed by atoms with Gasteiger partial charge in [-0.1, -0.05) is 0 Å². The van der Waals surface area contributed by atoms with E-state index in [0.29, 0.717) is 0 Å². The van der Waals surface area contributed by atoms with E-state index in [1.165, 1.54) is 0 Å². The van der Waals surface area contributed by atoms with Gasteiger partial charge in [0.05, 0.1) is 0 Å². The van der Waals surface area contributed by atoms with Crippen molar-refractivity contribution < 1.29 is 49.6 Å². The maximum absolute atomic E-state index is 13.1. The Balaban J connectivity index is 5.50. The lowest BCUT2D eigenvalue weighted by Crippen LogP contribution is -2.62. The van der Waals surface area contributed by atoms with E-state index in [-0.39, 0.29) is 0 Å². The molecule has 0 aliphatic heterocycles. The molecule has 0 aliphatic carbocycles. The molecule has 1 atom stereocenters. The van der Waals surface area contributed by atoms with Gasteiger partial charge in [-0.3, -0.25) is 0 Å². The number of alkyl halides is 9. The molecular formula is C6H6BF9O2. The molecule has 0 spiro atoms. The second kappa shape index (κ2) is 4.80. The van der Waals surface area contributed by atoms with Gasteiger partial charge in [0.2, 0.25) is 0 Å². The molecule has 2 nitrogen and oxygen atoms in total. The third-order valence-corrected chi connectivity index (χ3v) is 2.05. The molecule has 0 aliphatic rings. The molecule has 0 fully saturated rings. The molecule has 18 heavy (non-hydrogen) atoms. The fourth-order valence-electron chi connectivity index (χ4n) is 1.03. The summed E-state index contributed by atoms with van der Waals surface area (Å²) in [6, 6.07) is 0. The first kappa shape index (κ1) is 17.4. The van der Waals surface area contributed by atoms with E-state index in [0.717, 1.165) is 0 Å². The summed E-state index contributed by atoms with van der Waals surface area (Å²) in [6.07, 6.45) is -17.4. The van der Waals surface area contributed by atoms with E-state index in [1.807, 2.05) is 0 Å². The maximum atomic E-state index is 13.1. The Morgan fingerprint density at radius 3 is 1.33 bits per heavy atom. The minimum absolute atomic E-state index is 1.64. The van der Waals surface area contributed by atoms with Crippen LogP contribution in [0, 0.1) is 0 Å². The van der Waals surface area contributed by atoms with Gasteiger partial charge in [0, 0.05) is 0 Å². The van der Waals surface area contributed by atoms with Gasteiger partial charge in [-0.25, -0.2) is 4.39 Å². The van der Waals surface area contributed by atoms with Gasteiger partial charge in [-0.05, 0) is 12.7 Å². The van der Waals surface area contributed by atoms with Crippen LogP contribution in [0.1, 0.15) is 6.42 Å². The Hall–Kier alpha value is -0.645. The Kier molecular flexibility index (Phi) is 4.62. The SMILES string of the molecule is OB(O)CCC(F)(C(F)(F)F)C(F)(F)C(F)(F)F. The zero-order valence-electron chi connectivity index (χ0n) is 8.29. The van der Waals surface area contributed by atoms with E-state index in [2.05, 4.69) is 0 Å². The van der Waals surface area contributed by atoms with Crippen molar-refractivity contribution in [2.75, 3.05) is 0 Å². The number of rotatable bonds is 4. The zero-order valence-corrected chi connectivity index (χ0v) is 8.29. The van der Waals surface area contributed by atoms with Crippen molar-refractivity contribution in [1.82, 2.24) is 0 Å². The molecule has 0 aromatic heterocycles. The predicted octanol–water partition coefficient (Wildman–Crippen LogP) is 2.32. The average molecular weight is 292 g/mol. The fraction of sp³-hybridized carbons (Fsp3) is 1.00. The summed E-state index contributed by atoms with van der Waals surface area (Å²) in [5.74, 6) is -6.70. The minimum atomic E-state index is -6.77. The second-order valence-corrected chi connectivity index (χ2v) is 3.39. The molecule has 0 saturated carbocycles. The molecule has 0 bridgehead atoms. The van der Waals surface area contributed by atoms with Crippen LogP contribution in [-0.4, -0.2) is 41.1 Å². The number of hydrogen-bond donors (Lipinski definition) is 2. The third-order valence-electron chi connectivity index (χ3n) is 2.05. The largest absolute Gasteiger partial charge is 0.457 e. The first-order valence-electron chi connectivity index (χ1n) is 4.23. The van der Waals surface area contributed by atoms with E-state index in [1.54, 1.807) is 0 Å². The fourth-order valence-corrected chi connectivity index (χ4v) is 1.03. The molecule has 1 unspecified atom stereocenters. The van der Waals surface area contributed by atoms with E-state index >= 15 is 0 Å². The predicted molar refractivity (Wildman–Crippen MR) is 40.5 cm³/mol. The van der Waals surface area contributed by atoms with Crippen LogP contribution in [0.5, 0.6) is 0 Å². The number of hydrogen-bond acceptors (Lipinski definition) is 2. The first-order valence-corrected chi connectivity index (χ1v) is 4.23. The van der Waals surface area contributed by atoms with Crippen molar-refractivity contribution in [2.45, 2.75) is 36.7 Å². The van der Waals surface area contributed by atoms with Crippen molar-refractivity contribution in [3.8, 4) is 0 Å². The summed E-state index contributed by atoms with van der Waals surface area (Å²) in [6.45, 7) is 0. The van der Waals surface area contributed by atoms with Crippen LogP contribution in [0.4, 0.5) is 39.5 Å². The highest BCUT2D eigenvalue weighted by molar-refractivity contribution is 6.40. The Bertz CT molecular complexity index is 286. The maximum Gasteiger partial charge on any atom is 0.457 e. The molecule has 0 radical (unpaired) electrons. The van der Waals surface area contributed by atoms with Crippen LogP contribution >= 0.6 is 0 Å². The second-order valence-electron chi connectivity index (χ2n) is 3.39. The normalized spacial score (nSPS) is 17.5. The molecule has 2 N–H and O–H groups in total. The summed E-state index contributed by atoms with van der Waals surface area (Å²) in [7, 11) is -2.65. The van der Waals surface area contributed by atoms with Gasteiger partial charge >= 0.3 is 25.4 Å². The lowest BCUT2D eigenvalue weighted by Gasteiger charge is -2.35. The van der Waals surface area contributed by atoms with Crippen molar-refractivity contribution in [3.63, 3.8) is 0 Å². The highest BCUT2D eigenvalue weighted by atomic mass is 19.4. The van der Waals surface area contributed by atoms with Crippen LogP contribution in [0.2, 0.25) is 6.32 Å². The van der Waals surface area contributed by atoms with Crippen LogP contribution in [0.25, 0.3) is 0 Å². The third kappa shape index (κ3) is 3.02. The van der Waals surface area contributed by atoms with Gasteiger partial charge in [-0.2, -0.15) is 35.1 Å². The van der Waals surface area contributed by atoms with Gasteiger partial charge in [0.15, 0.2) is 0 Å². The lowest BCUT2D eigenvalue weighted by molar-refractivity contribution is -0.383. The van der Waals surface area contributed by atoms with E-state index in [9.17, 15) is 39.5 Å². The highest BCUT2D eigenvalue weighted by Gasteiger charge is 2.80. The van der Waals surface area contributed by atoms with Gasteiger partial charge in [0.1, 0.15) is 0 Å². The van der Waals surface area contributed by atoms with Crippen LogP contribution < -0.4 is 0 Å². The summed E-state index contributed by atoms with van der Waals surface area (Å²) >= 11 is 0. The minimum Gasteiger partial charge on any atom is -0.427 e. The molecule has 0 amide bonds. The topological polar surface area (TPSA) is 40.5 Å². The van der Waals surface area contributed by atoms with Crippen molar-refractivity contribution in [3.05, 3.63) is 0 Å². The Labute approximate surface area is 94.5 Å². The van der Waals surface area contributed by atoms with Crippen molar-refractivity contribution in [1.29, 1.82) is 0 Å². The van der Waals surface area contributed by atoms with Crippen molar-refractivity contribution in [2.24, 2.45) is 0 Å². The Morgan fingerprint density at radius 2 is 1.11 bits per heavy atom.